The number of aliphatic hydroxyl groups is 1. The summed E-state index contributed by atoms with van der Waals surface area (Å²) in [5.74, 6) is 0. The summed E-state index contributed by atoms with van der Waals surface area (Å²) in [6.45, 7) is 16.3. The molecule has 0 aromatic heterocycles. The summed E-state index contributed by atoms with van der Waals surface area (Å²) < 4.78 is 17.0. The molecule has 0 spiro atoms. The van der Waals surface area contributed by atoms with Gasteiger partial charge in [0.15, 0.2) is 0 Å². The smallest absolute Gasteiger partial charge is 0.147 e. The quantitative estimate of drug-likeness (QED) is 0.235. The first-order valence-electron chi connectivity index (χ1n) is 9.39. The summed E-state index contributed by atoms with van der Waals surface area (Å²) in [6.07, 6.45) is -0.582. The summed E-state index contributed by atoms with van der Waals surface area (Å²) in [4.78, 5) is 0. The zero-order valence-corrected chi connectivity index (χ0v) is 18.0. The number of hydrogen-bond acceptors (Lipinski definition) is 4. The fraction of sp³-hybridized carbons (Fsp3) is 0.619. The van der Waals surface area contributed by atoms with Crippen molar-refractivity contribution in [1.29, 1.82) is 0 Å². The molecule has 1 aromatic rings. The van der Waals surface area contributed by atoms with Gasteiger partial charge < -0.3 is 19.3 Å². The first kappa shape index (κ1) is 23.1. The maximum absolute atomic E-state index is 10.3. The van der Waals surface area contributed by atoms with Gasteiger partial charge in [0, 0.05) is 14.7 Å². The molecular weight excluding hydrogens is 344 g/mol. The Hall–Kier alpha value is -0.983. The lowest BCUT2D eigenvalue weighted by Gasteiger charge is -2.23. The molecule has 0 aliphatic heterocycles. The molecule has 4 nitrogen and oxygen atoms in total. The van der Waals surface area contributed by atoms with Gasteiger partial charge in [-0.05, 0) is 37.4 Å². The largest absolute Gasteiger partial charge is 0.390 e. The minimum Gasteiger partial charge on any atom is -0.390 e. The van der Waals surface area contributed by atoms with Gasteiger partial charge in [-0.15, -0.1) is 0 Å². The van der Waals surface area contributed by atoms with Gasteiger partial charge in [0.1, 0.15) is 6.79 Å². The van der Waals surface area contributed by atoms with Crippen molar-refractivity contribution in [3.05, 3.63) is 48.0 Å². The second-order valence-corrected chi connectivity index (χ2v) is 13.7. The van der Waals surface area contributed by atoms with Crippen molar-refractivity contribution in [2.24, 2.45) is 0 Å². The van der Waals surface area contributed by atoms with Crippen LogP contribution < -0.4 is 0 Å². The first-order valence-corrected chi connectivity index (χ1v) is 13.1. The van der Waals surface area contributed by atoms with Crippen molar-refractivity contribution in [2.75, 3.05) is 13.4 Å². The van der Waals surface area contributed by atoms with Crippen molar-refractivity contribution in [3.63, 3.8) is 0 Å². The van der Waals surface area contributed by atoms with E-state index in [2.05, 4.69) is 26.2 Å². The summed E-state index contributed by atoms with van der Waals surface area (Å²) in [6, 6.07) is 11.1. The van der Waals surface area contributed by atoms with E-state index >= 15 is 0 Å². The van der Waals surface area contributed by atoms with Crippen molar-refractivity contribution in [1.82, 2.24) is 0 Å². The molecule has 0 amide bonds. The number of ether oxygens (including phenoxy) is 3. The van der Waals surface area contributed by atoms with Gasteiger partial charge >= 0.3 is 0 Å². The van der Waals surface area contributed by atoms with Crippen LogP contribution in [0.15, 0.2) is 42.5 Å². The average Bonchev–Trinajstić information content (AvgIpc) is 2.58. The van der Waals surface area contributed by atoms with E-state index in [1.54, 1.807) is 0 Å². The molecule has 0 fully saturated rings. The fourth-order valence-corrected chi connectivity index (χ4v) is 2.98. The Kier molecular flexibility index (Phi) is 10.4. The minimum absolute atomic E-state index is 0.155. The third-order valence-corrected chi connectivity index (χ3v) is 6.05. The predicted molar refractivity (Wildman–Crippen MR) is 110 cm³/mol. The van der Waals surface area contributed by atoms with Crippen LogP contribution in [0.5, 0.6) is 0 Å². The number of aliphatic hydroxyl groups excluding tert-OH is 1. The number of benzene rings is 1. The van der Waals surface area contributed by atoms with Gasteiger partial charge in [-0.1, -0.05) is 56.6 Å². The Morgan fingerprint density at radius 2 is 1.77 bits per heavy atom. The predicted octanol–water partition coefficient (Wildman–Crippen LogP) is 4.62. The van der Waals surface area contributed by atoms with E-state index in [4.69, 9.17) is 14.2 Å². The van der Waals surface area contributed by atoms with Gasteiger partial charge in [-0.2, -0.15) is 0 Å². The van der Waals surface area contributed by atoms with Gasteiger partial charge in [0.25, 0.3) is 0 Å². The van der Waals surface area contributed by atoms with E-state index in [1.165, 1.54) is 0 Å². The Morgan fingerprint density at radius 3 is 2.38 bits per heavy atom. The zero-order chi connectivity index (χ0) is 19.6. The molecule has 0 heterocycles. The highest BCUT2D eigenvalue weighted by molar-refractivity contribution is 6.76. The van der Waals surface area contributed by atoms with Gasteiger partial charge in [0.05, 0.1) is 24.9 Å². The SMILES string of the molecule is C=C(C[C@H](O)[C@H](C)OCc1ccccc1)[C@@H](C)OCOCC[Si](C)(C)C. The maximum atomic E-state index is 10.3. The Balaban J connectivity index is 2.22. The average molecular weight is 381 g/mol. The lowest BCUT2D eigenvalue weighted by atomic mass is 10.0. The zero-order valence-electron chi connectivity index (χ0n) is 17.0. The third-order valence-electron chi connectivity index (χ3n) is 4.34. The summed E-state index contributed by atoms with van der Waals surface area (Å²) in [7, 11) is -1.07. The minimum atomic E-state index is -1.07. The molecule has 0 aliphatic carbocycles. The van der Waals surface area contributed by atoms with Crippen molar-refractivity contribution in [3.8, 4) is 0 Å². The van der Waals surface area contributed by atoms with Crippen LogP contribution in [0, 0.1) is 0 Å². The van der Waals surface area contributed by atoms with Crippen molar-refractivity contribution >= 4 is 8.07 Å². The lowest BCUT2D eigenvalue weighted by molar-refractivity contribution is -0.0745. The molecule has 148 valence electrons. The highest BCUT2D eigenvalue weighted by atomic mass is 28.3. The van der Waals surface area contributed by atoms with Crippen LogP contribution in [-0.4, -0.2) is 44.9 Å². The van der Waals surface area contributed by atoms with E-state index in [9.17, 15) is 5.11 Å². The first-order chi connectivity index (χ1) is 12.2. The van der Waals surface area contributed by atoms with E-state index in [1.807, 2.05) is 44.2 Å². The molecule has 1 N–H and O–H groups in total. The van der Waals surface area contributed by atoms with Crippen LogP contribution in [0.25, 0.3) is 0 Å². The summed E-state index contributed by atoms with van der Waals surface area (Å²) >= 11 is 0. The molecule has 0 unspecified atom stereocenters. The number of rotatable bonds is 13. The van der Waals surface area contributed by atoms with Gasteiger partial charge in [-0.25, -0.2) is 0 Å². The van der Waals surface area contributed by atoms with E-state index < -0.39 is 14.2 Å². The summed E-state index contributed by atoms with van der Waals surface area (Å²) in [5, 5.41) is 10.3. The molecule has 5 heteroatoms. The summed E-state index contributed by atoms with van der Waals surface area (Å²) in [5.41, 5.74) is 1.94. The van der Waals surface area contributed by atoms with Crippen LogP contribution in [0.1, 0.15) is 25.8 Å². The van der Waals surface area contributed by atoms with E-state index in [0.717, 1.165) is 23.8 Å². The van der Waals surface area contributed by atoms with E-state index in [0.29, 0.717) is 13.0 Å². The lowest BCUT2D eigenvalue weighted by Crippen LogP contribution is -2.28. The second-order valence-electron chi connectivity index (χ2n) is 8.08. The van der Waals surface area contributed by atoms with Crippen LogP contribution in [0.2, 0.25) is 25.7 Å². The molecule has 0 bridgehead atoms. The van der Waals surface area contributed by atoms with Gasteiger partial charge in [0.2, 0.25) is 0 Å². The molecule has 0 saturated heterocycles. The normalized spacial score (nSPS) is 15.5. The molecule has 0 aliphatic rings. The standard InChI is InChI=1S/C21H36O4Si/c1-17(18(2)25-16-23-12-13-26(4,5)6)14-21(22)19(3)24-15-20-10-8-7-9-11-20/h7-11,18-19,21-22H,1,12-16H2,2-6H3/t18-,19+,21+/m1/s1. The Morgan fingerprint density at radius 1 is 1.12 bits per heavy atom. The second kappa shape index (κ2) is 11.7. The number of hydrogen-bond donors (Lipinski definition) is 1. The molecule has 26 heavy (non-hydrogen) atoms. The van der Waals surface area contributed by atoms with Crippen LogP contribution in [0.4, 0.5) is 0 Å². The highest BCUT2D eigenvalue weighted by Crippen LogP contribution is 2.16. The van der Waals surface area contributed by atoms with Crippen LogP contribution in [0.3, 0.4) is 0 Å². The molecule has 1 rings (SSSR count). The third kappa shape index (κ3) is 10.2. The molecule has 3 atom stereocenters. The molecule has 0 radical (unpaired) electrons. The Bertz CT molecular complexity index is 512. The van der Waals surface area contributed by atoms with Gasteiger partial charge in [-0.3, -0.25) is 0 Å². The maximum Gasteiger partial charge on any atom is 0.147 e. The Labute approximate surface area is 160 Å². The van der Waals surface area contributed by atoms with Crippen LogP contribution in [-0.2, 0) is 20.8 Å². The highest BCUT2D eigenvalue weighted by Gasteiger charge is 2.19. The van der Waals surface area contributed by atoms with Crippen molar-refractivity contribution < 1.29 is 19.3 Å². The molecule has 0 saturated carbocycles. The fourth-order valence-electron chi connectivity index (χ4n) is 2.22. The molecule has 1 aromatic carbocycles. The van der Waals surface area contributed by atoms with E-state index in [-0.39, 0.29) is 19.0 Å². The molecular formula is C21H36O4Si. The topological polar surface area (TPSA) is 47.9 Å². The van der Waals surface area contributed by atoms with Crippen LogP contribution >= 0.6 is 0 Å². The van der Waals surface area contributed by atoms with Crippen molar-refractivity contribution in [2.45, 2.75) is 70.9 Å². The monoisotopic (exact) mass is 380 g/mol.